The fraction of sp³-hybridized carbons (Fsp3) is 0.227. The van der Waals surface area contributed by atoms with E-state index in [1.807, 2.05) is 37.3 Å². The molecule has 4 rings (SSSR count). The van der Waals surface area contributed by atoms with Gasteiger partial charge in [0.25, 0.3) is 0 Å². The topological polar surface area (TPSA) is 81.7 Å². The Balaban J connectivity index is 1.61. The van der Waals surface area contributed by atoms with Crippen molar-refractivity contribution in [3.05, 3.63) is 64.3 Å². The lowest BCUT2D eigenvalue weighted by Gasteiger charge is -2.12. The molecule has 0 amide bonds. The zero-order chi connectivity index (χ0) is 21.8. The number of thiophene rings is 1. The summed E-state index contributed by atoms with van der Waals surface area (Å²) in [6.45, 7) is 4.28. The molecule has 0 fully saturated rings. The smallest absolute Gasteiger partial charge is 0.341 e. The molecule has 1 aliphatic rings. The van der Waals surface area contributed by atoms with Gasteiger partial charge in [0, 0.05) is 11.1 Å². The van der Waals surface area contributed by atoms with E-state index >= 15 is 0 Å². The molecule has 160 valence electrons. The Bertz CT molecular complexity index is 1120. The van der Waals surface area contributed by atoms with Crippen molar-refractivity contribution in [2.24, 2.45) is 0 Å². The van der Waals surface area contributed by atoms with Crippen LogP contribution in [0.3, 0.4) is 0 Å². The molecule has 0 aliphatic carbocycles. The monoisotopic (exact) mass is 455 g/mol. The summed E-state index contributed by atoms with van der Waals surface area (Å²) in [5, 5.41) is 7.25. The number of benzene rings is 1. The number of esters is 1. The quantitative estimate of drug-likeness (QED) is 0.407. The van der Waals surface area contributed by atoms with E-state index in [4.69, 9.17) is 26.4 Å². The predicted octanol–water partition coefficient (Wildman–Crippen LogP) is 4.76. The van der Waals surface area contributed by atoms with Crippen LogP contribution in [-0.4, -0.2) is 29.5 Å². The molecule has 0 bridgehead atoms. The number of nitrogens with zero attached hydrogens (tertiary/aromatic N) is 1. The zero-order valence-corrected chi connectivity index (χ0v) is 18.7. The number of aryl methyl sites for hydroxylation is 1. The lowest BCUT2D eigenvalue weighted by molar-refractivity contribution is 0.0527. The summed E-state index contributed by atoms with van der Waals surface area (Å²) in [4.78, 5) is 17.9. The van der Waals surface area contributed by atoms with E-state index in [0.29, 0.717) is 27.8 Å². The highest BCUT2D eigenvalue weighted by Gasteiger charge is 2.25. The fourth-order valence-corrected chi connectivity index (χ4v) is 4.61. The summed E-state index contributed by atoms with van der Waals surface area (Å²) in [6.07, 6.45) is 3.91. The Hall–Kier alpha value is -3.17. The van der Waals surface area contributed by atoms with Gasteiger partial charge < -0.3 is 24.8 Å². The minimum Gasteiger partial charge on any atom is -0.462 e. The summed E-state index contributed by atoms with van der Waals surface area (Å²) < 4.78 is 16.2. The summed E-state index contributed by atoms with van der Waals surface area (Å²) in [6, 6.07) is 9.47. The maximum Gasteiger partial charge on any atom is 0.341 e. The molecule has 9 heteroatoms. The number of pyridine rings is 1. The molecule has 0 atom stereocenters. The first kappa shape index (κ1) is 21.1. The largest absolute Gasteiger partial charge is 0.462 e. The second-order valence-electron chi connectivity index (χ2n) is 6.75. The molecular weight excluding hydrogens is 434 g/mol. The second-order valence-corrected chi connectivity index (χ2v) is 8.38. The number of fused-ring (bicyclic) bond motifs is 1. The van der Waals surface area contributed by atoms with Crippen molar-refractivity contribution in [3.63, 3.8) is 0 Å². The molecular formula is C22H21N3O4S2. The fourth-order valence-electron chi connectivity index (χ4n) is 3.26. The highest BCUT2D eigenvalue weighted by atomic mass is 32.1. The van der Waals surface area contributed by atoms with Gasteiger partial charge in [0.15, 0.2) is 16.6 Å². The molecule has 1 aromatic carbocycles. The minimum absolute atomic E-state index is 0.222. The van der Waals surface area contributed by atoms with Crippen LogP contribution in [0, 0.1) is 6.92 Å². The van der Waals surface area contributed by atoms with Crippen molar-refractivity contribution >= 4 is 45.3 Å². The molecule has 2 aromatic heterocycles. The number of thiocarbonyl (C=S) groups is 1. The van der Waals surface area contributed by atoms with Gasteiger partial charge in [-0.05, 0) is 67.9 Å². The van der Waals surface area contributed by atoms with Gasteiger partial charge in [0.05, 0.1) is 24.1 Å². The van der Waals surface area contributed by atoms with Crippen LogP contribution >= 0.6 is 23.6 Å². The molecule has 0 saturated heterocycles. The van der Waals surface area contributed by atoms with Crippen LogP contribution in [0.4, 0.5) is 10.7 Å². The van der Waals surface area contributed by atoms with Crippen molar-refractivity contribution in [3.8, 4) is 11.5 Å². The van der Waals surface area contributed by atoms with Crippen LogP contribution in [0.1, 0.15) is 33.3 Å². The molecule has 0 saturated carbocycles. The standard InChI is InChI=1S/C22H21N3O4S2/c1-3-27-21(26)19-16(9-14-6-7-17-18(10-14)29-12-28-17)13(2)31-20(19)25-22(30)24-15-5-4-8-23-11-15/h4-8,10-11H,3,9,12H2,1-2H3,(H2,24,25,30). The first-order valence-corrected chi connectivity index (χ1v) is 10.9. The van der Waals surface area contributed by atoms with Crippen molar-refractivity contribution in [1.29, 1.82) is 0 Å². The normalized spacial score (nSPS) is 11.8. The molecule has 2 N–H and O–H groups in total. The van der Waals surface area contributed by atoms with Crippen LogP contribution in [0.25, 0.3) is 0 Å². The van der Waals surface area contributed by atoms with Crippen molar-refractivity contribution in [1.82, 2.24) is 4.98 Å². The van der Waals surface area contributed by atoms with E-state index in [1.54, 1.807) is 19.3 Å². The van der Waals surface area contributed by atoms with Crippen LogP contribution in [0.2, 0.25) is 0 Å². The summed E-state index contributed by atoms with van der Waals surface area (Å²) in [5.41, 5.74) is 3.16. The lowest BCUT2D eigenvalue weighted by Crippen LogP contribution is -2.20. The van der Waals surface area contributed by atoms with Crippen LogP contribution in [-0.2, 0) is 11.2 Å². The molecule has 0 unspecified atom stereocenters. The van der Waals surface area contributed by atoms with Crippen molar-refractivity contribution in [2.45, 2.75) is 20.3 Å². The van der Waals surface area contributed by atoms with Crippen LogP contribution in [0.5, 0.6) is 11.5 Å². The highest BCUT2D eigenvalue weighted by Crippen LogP contribution is 2.37. The molecule has 0 spiro atoms. The Kier molecular flexibility index (Phi) is 6.34. The van der Waals surface area contributed by atoms with E-state index in [9.17, 15) is 4.79 Å². The number of carbonyl (C=O) groups excluding carboxylic acids is 1. The number of anilines is 2. The average molecular weight is 456 g/mol. The molecule has 0 radical (unpaired) electrons. The number of nitrogens with one attached hydrogen (secondary N) is 2. The Morgan fingerprint density at radius 3 is 2.87 bits per heavy atom. The zero-order valence-electron chi connectivity index (χ0n) is 17.1. The third-order valence-corrected chi connectivity index (χ3v) is 5.92. The van der Waals surface area contributed by atoms with Gasteiger partial charge in [-0.2, -0.15) is 0 Å². The SMILES string of the molecule is CCOC(=O)c1c(NC(=S)Nc2cccnc2)sc(C)c1Cc1ccc2c(c1)OCO2. The molecule has 31 heavy (non-hydrogen) atoms. The summed E-state index contributed by atoms with van der Waals surface area (Å²) >= 11 is 6.91. The summed E-state index contributed by atoms with van der Waals surface area (Å²) in [5.74, 6) is 1.06. The van der Waals surface area contributed by atoms with Gasteiger partial charge in [-0.25, -0.2) is 4.79 Å². The molecule has 3 heterocycles. The number of aromatic nitrogens is 1. The van der Waals surface area contributed by atoms with Crippen molar-refractivity contribution < 1.29 is 19.0 Å². The van der Waals surface area contributed by atoms with E-state index in [0.717, 1.165) is 27.4 Å². The Morgan fingerprint density at radius 1 is 1.26 bits per heavy atom. The molecule has 7 nitrogen and oxygen atoms in total. The van der Waals surface area contributed by atoms with Gasteiger partial charge >= 0.3 is 5.97 Å². The first-order valence-electron chi connectivity index (χ1n) is 9.71. The number of hydrogen-bond acceptors (Lipinski definition) is 7. The lowest BCUT2D eigenvalue weighted by atomic mass is 10.0. The Morgan fingerprint density at radius 2 is 2.10 bits per heavy atom. The van der Waals surface area contributed by atoms with Crippen molar-refractivity contribution in [2.75, 3.05) is 24.0 Å². The first-order chi connectivity index (χ1) is 15.0. The number of carbonyl (C=O) groups is 1. The number of rotatable bonds is 6. The Labute approximate surface area is 189 Å². The van der Waals surface area contributed by atoms with Crippen LogP contribution in [0.15, 0.2) is 42.7 Å². The van der Waals surface area contributed by atoms with Gasteiger partial charge in [-0.15, -0.1) is 11.3 Å². The van der Waals surface area contributed by atoms with Gasteiger partial charge in [0.2, 0.25) is 6.79 Å². The van der Waals surface area contributed by atoms with Gasteiger partial charge in [-0.3, -0.25) is 4.98 Å². The van der Waals surface area contributed by atoms with E-state index in [-0.39, 0.29) is 19.4 Å². The molecule has 1 aliphatic heterocycles. The molecule has 3 aromatic rings. The predicted molar refractivity (Wildman–Crippen MR) is 124 cm³/mol. The van der Waals surface area contributed by atoms with E-state index < -0.39 is 0 Å². The average Bonchev–Trinajstić information content (AvgIpc) is 3.33. The maximum absolute atomic E-state index is 12.8. The maximum atomic E-state index is 12.8. The summed E-state index contributed by atoms with van der Waals surface area (Å²) in [7, 11) is 0. The third-order valence-electron chi connectivity index (χ3n) is 4.65. The van der Waals surface area contributed by atoms with Crippen LogP contribution < -0.4 is 20.1 Å². The van der Waals surface area contributed by atoms with E-state index in [2.05, 4.69) is 15.6 Å². The third kappa shape index (κ3) is 4.78. The minimum atomic E-state index is -0.380. The highest BCUT2D eigenvalue weighted by molar-refractivity contribution is 7.80. The number of hydrogen-bond donors (Lipinski definition) is 2. The number of ether oxygens (including phenoxy) is 3. The van der Waals surface area contributed by atoms with Gasteiger partial charge in [-0.1, -0.05) is 6.07 Å². The van der Waals surface area contributed by atoms with Gasteiger partial charge in [0.1, 0.15) is 5.00 Å². The van der Waals surface area contributed by atoms with E-state index in [1.165, 1.54) is 11.3 Å². The second kappa shape index (κ2) is 9.32.